The topological polar surface area (TPSA) is 118 Å². The predicted octanol–water partition coefficient (Wildman–Crippen LogP) is 6.63. The number of nitrogens with one attached hydrogen (secondary N) is 1. The Hall–Kier alpha value is -4.12. The first kappa shape index (κ1) is 34.3. The Balaban J connectivity index is 1.21. The molecule has 2 N–H and O–H groups in total. The fourth-order valence-corrected chi connectivity index (χ4v) is 8.04. The van der Waals surface area contributed by atoms with E-state index in [-0.39, 0.29) is 48.0 Å². The van der Waals surface area contributed by atoms with Crippen LogP contribution in [0.15, 0.2) is 83.0 Å². The Bertz CT molecular complexity index is 1770. The van der Waals surface area contributed by atoms with E-state index in [1.165, 1.54) is 0 Å². The number of carbonyl (C=O) groups is 3. The van der Waals surface area contributed by atoms with E-state index in [1.54, 1.807) is 21.9 Å². The summed E-state index contributed by atoms with van der Waals surface area (Å²) >= 11 is 7.05. The molecular formula is C39H44ClN3O7. The molecule has 2 aromatic rings. The Kier molecular flexibility index (Phi) is 9.54. The number of fused-ring (bicyclic) bond motifs is 1. The molecule has 264 valence electrons. The number of amides is 2. The number of hydrogen-bond donors (Lipinski definition) is 2. The number of ether oxygens (including phenoxy) is 3. The van der Waals surface area contributed by atoms with Gasteiger partial charge in [0.05, 0.1) is 25.0 Å². The smallest absolute Gasteiger partial charge is 0.228 e. The van der Waals surface area contributed by atoms with Gasteiger partial charge in [-0.2, -0.15) is 0 Å². The van der Waals surface area contributed by atoms with Crippen molar-refractivity contribution in [1.29, 1.82) is 0 Å². The van der Waals surface area contributed by atoms with Crippen LogP contribution in [0.2, 0.25) is 5.02 Å². The van der Waals surface area contributed by atoms with Crippen LogP contribution in [-0.4, -0.2) is 64.6 Å². The normalized spacial score (nSPS) is 22.8. The SMILES string of the molecule is CC1(C)CC(=O)C2=C(C1)NC1=C(O)CCC=C1N(C(=O)CCC(=O)N1CCC3(CC1)OCCO3)C2c1ccc(OCc2ccccc2)cc1Cl. The van der Waals surface area contributed by atoms with Crippen LogP contribution in [0.1, 0.15) is 82.4 Å². The molecule has 0 aromatic heterocycles. The fraction of sp³-hybridized carbons (Fsp3) is 0.462. The van der Waals surface area contributed by atoms with Gasteiger partial charge in [-0.15, -0.1) is 0 Å². The molecule has 2 aromatic carbocycles. The third kappa shape index (κ3) is 6.93. The van der Waals surface area contributed by atoms with E-state index < -0.39 is 11.8 Å². The summed E-state index contributed by atoms with van der Waals surface area (Å²) in [6.07, 6.45) is 4.73. The van der Waals surface area contributed by atoms with Crippen LogP contribution in [0.25, 0.3) is 0 Å². The lowest BCUT2D eigenvalue weighted by atomic mass is 9.73. The number of halogens is 1. The molecule has 2 amide bonds. The number of Topliss-reactive ketones (excluding diaryl/α,β-unsaturated/α-hetero) is 1. The van der Waals surface area contributed by atoms with Crippen LogP contribution in [0.3, 0.4) is 0 Å². The van der Waals surface area contributed by atoms with Gasteiger partial charge in [0.1, 0.15) is 23.8 Å². The third-order valence-electron chi connectivity index (χ3n) is 10.3. The molecule has 2 fully saturated rings. The maximum atomic E-state index is 14.6. The molecule has 7 rings (SSSR count). The van der Waals surface area contributed by atoms with Gasteiger partial charge in [0, 0.05) is 67.9 Å². The van der Waals surface area contributed by atoms with Gasteiger partial charge in [-0.3, -0.25) is 19.3 Å². The summed E-state index contributed by atoms with van der Waals surface area (Å²) in [7, 11) is 0. The van der Waals surface area contributed by atoms with E-state index in [4.69, 9.17) is 25.8 Å². The van der Waals surface area contributed by atoms with Gasteiger partial charge < -0.3 is 29.5 Å². The van der Waals surface area contributed by atoms with Gasteiger partial charge >= 0.3 is 0 Å². The minimum atomic E-state index is -0.888. The highest BCUT2D eigenvalue weighted by Crippen LogP contribution is 2.49. The zero-order valence-electron chi connectivity index (χ0n) is 28.6. The van der Waals surface area contributed by atoms with Gasteiger partial charge in [0.2, 0.25) is 11.8 Å². The van der Waals surface area contributed by atoms with Crippen molar-refractivity contribution >= 4 is 29.2 Å². The van der Waals surface area contributed by atoms with Crippen molar-refractivity contribution in [3.8, 4) is 5.75 Å². The van der Waals surface area contributed by atoms with Crippen molar-refractivity contribution in [3.63, 3.8) is 0 Å². The van der Waals surface area contributed by atoms with Crippen molar-refractivity contribution in [3.05, 3.63) is 99.2 Å². The molecule has 0 bridgehead atoms. The number of allylic oxidation sites excluding steroid dienone is 3. The first-order valence-corrected chi connectivity index (χ1v) is 17.9. The molecule has 11 heteroatoms. The summed E-state index contributed by atoms with van der Waals surface area (Å²) in [5, 5.41) is 14.9. The van der Waals surface area contributed by atoms with Gasteiger partial charge in [-0.1, -0.05) is 67.9 Å². The summed E-state index contributed by atoms with van der Waals surface area (Å²) in [5.41, 5.74) is 3.22. The number of benzene rings is 2. The fourth-order valence-electron chi connectivity index (χ4n) is 7.77. The van der Waals surface area contributed by atoms with Crippen LogP contribution in [0.4, 0.5) is 0 Å². The Morgan fingerprint density at radius 1 is 1.02 bits per heavy atom. The largest absolute Gasteiger partial charge is 0.510 e. The molecule has 2 aliphatic carbocycles. The van der Waals surface area contributed by atoms with Crippen LogP contribution >= 0.6 is 11.6 Å². The zero-order chi connectivity index (χ0) is 35.0. The van der Waals surface area contributed by atoms with E-state index in [9.17, 15) is 19.5 Å². The molecule has 0 saturated carbocycles. The molecule has 50 heavy (non-hydrogen) atoms. The van der Waals surface area contributed by atoms with Crippen LogP contribution in [0.5, 0.6) is 5.75 Å². The maximum absolute atomic E-state index is 14.6. The molecule has 1 spiro atoms. The predicted molar refractivity (Wildman–Crippen MR) is 187 cm³/mol. The lowest BCUT2D eigenvalue weighted by molar-refractivity contribution is -0.187. The minimum Gasteiger partial charge on any atom is -0.510 e. The molecule has 3 aliphatic heterocycles. The van der Waals surface area contributed by atoms with E-state index in [1.807, 2.05) is 56.3 Å². The number of nitrogens with zero attached hydrogens (tertiary/aromatic N) is 2. The summed E-state index contributed by atoms with van der Waals surface area (Å²) in [6.45, 7) is 6.52. The molecule has 2 saturated heterocycles. The van der Waals surface area contributed by atoms with Crippen LogP contribution < -0.4 is 10.1 Å². The Morgan fingerprint density at radius 3 is 2.46 bits per heavy atom. The summed E-state index contributed by atoms with van der Waals surface area (Å²) in [5.74, 6) is -0.498. The summed E-state index contributed by atoms with van der Waals surface area (Å²) in [4.78, 5) is 45.5. The lowest BCUT2D eigenvalue weighted by Crippen LogP contribution is -2.47. The quantitative estimate of drug-likeness (QED) is 0.331. The highest BCUT2D eigenvalue weighted by atomic mass is 35.5. The van der Waals surface area contributed by atoms with Crippen LogP contribution in [-0.2, 0) is 30.5 Å². The lowest BCUT2D eigenvalue weighted by Gasteiger charge is -2.38. The number of aliphatic hydroxyl groups is 1. The average Bonchev–Trinajstić information content (AvgIpc) is 3.48. The van der Waals surface area contributed by atoms with E-state index in [0.717, 1.165) is 5.56 Å². The van der Waals surface area contributed by atoms with Crippen molar-refractivity contribution < 1.29 is 33.7 Å². The second-order valence-corrected chi connectivity index (χ2v) is 14.9. The van der Waals surface area contributed by atoms with Crippen molar-refractivity contribution in [2.75, 3.05) is 26.3 Å². The molecule has 1 unspecified atom stereocenters. The Morgan fingerprint density at radius 2 is 1.74 bits per heavy atom. The molecule has 0 radical (unpaired) electrons. The van der Waals surface area contributed by atoms with Crippen molar-refractivity contribution in [2.45, 2.75) is 83.6 Å². The molecule has 3 heterocycles. The molecule has 5 aliphatic rings. The van der Waals surface area contributed by atoms with E-state index >= 15 is 0 Å². The highest BCUT2D eigenvalue weighted by molar-refractivity contribution is 6.31. The Labute approximate surface area is 297 Å². The van der Waals surface area contributed by atoms with Crippen molar-refractivity contribution in [2.24, 2.45) is 5.41 Å². The maximum Gasteiger partial charge on any atom is 0.228 e. The second kappa shape index (κ2) is 13.9. The van der Waals surface area contributed by atoms with Gasteiger partial charge in [-0.05, 0) is 41.5 Å². The minimum absolute atomic E-state index is 0.00458. The number of ketones is 1. The van der Waals surface area contributed by atoms with Crippen LogP contribution in [0, 0.1) is 5.41 Å². The first-order chi connectivity index (χ1) is 24.0. The second-order valence-electron chi connectivity index (χ2n) is 14.5. The number of carbonyl (C=O) groups excluding carboxylic acids is 3. The molecule has 1 atom stereocenters. The molecule has 10 nitrogen and oxygen atoms in total. The van der Waals surface area contributed by atoms with E-state index in [2.05, 4.69) is 5.32 Å². The number of hydrogen-bond acceptors (Lipinski definition) is 8. The average molecular weight is 702 g/mol. The summed E-state index contributed by atoms with van der Waals surface area (Å²) < 4.78 is 17.7. The monoisotopic (exact) mass is 701 g/mol. The number of likely N-dealkylation sites (tertiary alicyclic amines) is 1. The standard InChI is InChI=1S/C39H44ClN3O7/c1-38(2)22-29-35(32(45)23-38)37(27-12-11-26(21-28(27)40)48-24-25-7-4-3-5-8-25)43(30-9-6-10-31(44)36(30)41-29)34(47)14-13-33(46)42-17-15-39(16-18-42)49-19-20-50-39/h3-5,7-9,11-12,21,37,41,44H,6,10,13-20,22-24H2,1-2H3. The highest BCUT2D eigenvalue weighted by Gasteiger charge is 2.46. The van der Waals surface area contributed by atoms with Gasteiger partial charge in [-0.25, -0.2) is 0 Å². The van der Waals surface area contributed by atoms with Gasteiger partial charge in [0.15, 0.2) is 11.6 Å². The number of aliphatic hydroxyl groups excluding tert-OH is 1. The summed E-state index contributed by atoms with van der Waals surface area (Å²) in [6, 6.07) is 14.2. The van der Waals surface area contributed by atoms with Crippen molar-refractivity contribution in [1.82, 2.24) is 15.1 Å². The molecular weight excluding hydrogens is 658 g/mol. The number of rotatable bonds is 7. The third-order valence-corrected chi connectivity index (χ3v) is 10.6. The van der Waals surface area contributed by atoms with Gasteiger partial charge in [0.25, 0.3) is 0 Å². The zero-order valence-corrected chi connectivity index (χ0v) is 29.4. The number of piperidine rings is 1. The van der Waals surface area contributed by atoms with E-state index in [0.29, 0.717) is 104 Å². The first-order valence-electron chi connectivity index (χ1n) is 17.5.